The van der Waals surface area contributed by atoms with Crippen LogP contribution in [0.25, 0.3) is 0 Å². The van der Waals surface area contributed by atoms with Gasteiger partial charge in [-0.2, -0.15) is 0 Å². The summed E-state index contributed by atoms with van der Waals surface area (Å²) < 4.78 is 0. The van der Waals surface area contributed by atoms with E-state index in [0.717, 1.165) is 25.2 Å². The van der Waals surface area contributed by atoms with Gasteiger partial charge in [0.2, 0.25) is 0 Å². The van der Waals surface area contributed by atoms with E-state index in [1.54, 1.807) is 0 Å². The monoisotopic (exact) mass is 224 g/mol. The van der Waals surface area contributed by atoms with Gasteiger partial charge in [-0.25, -0.2) is 0 Å². The van der Waals surface area contributed by atoms with Gasteiger partial charge < -0.3 is 10.2 Å². The van der Waals surface area contributed by atoms with Gasteiger partial charge in [0.15, 0.2) is 0 Å². The van der Waals surface area contributed by atoms with Crippen molar-refractivity contribution >= 4 is 0 Å². The Morgan fingerprint density at radius 3 is 2.25 bits per heavy atom. The fourth-order valence-electron chi connectivity index (χ4n) is 5.29. The molecule has 16 heavy (non-hydrogen) atoms. The molecule has 0 aromatic heterocycles. The van der Waals surface area contributed by atoms with E-state index in [9.17, 15) is 10.2 Å². The van der Waals surface area contributed by atoms with E-state index >= 15 is 0 Å². The first-order chi connectivity index (χ1) is 7.41. The summed E-state index contributed by atoms with van der Waals surface area (Å²) in [6.45, 7) is 4.67. The van der Waals surface area contributed by atoms with Gasteiger partial charge in [-0.05, 0) is 55.8 Å². The van der Waals surface area contributed by atoms with Crippen LogP contribution in [0.4, 0.5) is 0 Å². The Bertz CT molecular complexity index is 302. The second-order valence-corrected chi connectivity index (χ2v) is 7.46. The Labute approximate surface area is 98.1 Å². The van der Waals surface area contributed by atoms with E-state index in [0.29, 0.717) is 11.3 Å². The van der Waals surface area contributed by atoms with Crippen LogP contribution in [-0.2, 0) is 0 Å². The highest BCUT2D eigenvalue weighted by Crippen LogP contribution is 2.67. The van der Waals surface area contributed by atoms with Crippen molar-refractivity contribution in [3.63, 3.8) is 0 Å². The number of fused-ring (bicyclic) bond motifs is 2. The molecule has 3 aliphatic rings. The predicted molar refractivity (Wildman–Crippen MR) is 62.9 cm³/mol. The second-order valence-electron chi connectivity index (χ2n) is 7.46. The third-order valence-corrected chi connectivity index (χ3v) is 5.67. The smallest absolute Gasteiger partial charge is 0.0756 e. The molecule has 0 heterocycles. The van der Waals surface area contributed by atoms with Crippen molar-refractivity contribution in [2.45, 2.75) is 58.0 Å². The van der Waals surface area contributed by atoms with Crippen molar-refractivity contribution in [3.05, 3.63) is 0 Å². The lowest BCUT2D eigenvalue weighted by Gasteiger charge is -2.61. The van der Waals surface area contributed by atoms with Crippen LogP contribution in [0.3, 0.4) is 0 Å². The average Bonchev–Trinajstić information content (AvgIpc) is 2.72. The summed E-state index contributed by atoms with van der Waals surface area (Å²) in [4.78, 5) is 0. The van der Waals surface area contributed by atoms with Gasteiger partial charge in [-0.1, -0.05) is 13.8 Å². The van der Waals surface area contributed by atoms with Gasteiger partial charge in [0.05, 0.1) is 12.2 Å². The fraction of sp³-hybridized carbons (Fsp3) is 1.00. The molecule has 0 amide bonds. The van der Waals surface area contributed by atoms with Crippen LogP contribution in [0, 0.1) is 22.7 Å². The molecule has 0 aromatic carbocycles. The van der Waals surface area contributed by atoms with Gasteiger partial charge in [0, 0.05) is 5.41 Å². The first-order valence-electron chi connectivity index (χ1n) is 6.74. The molecule has 3 saturated carbocycles. The zero-order chi connectivity index (χ0) is 11.6. The first-order valence-corrected chi connectivity index (χ1v) is 6.74. The van der Waals surface area contributed by atoms with Crippen LogP contribution in [0.1, 0.15) is 52.4 Å². The van der Waals surface area contributed by atoms with Crippen LogP contribution in [0.2, 0.25) is 0 Å². The summed E-state index contributed by atoms with van der Waals surface area (Å²) in [5.74, 6) is 1.21. The van der Waals surface area contributed by atoms with Gasteiger partial charge >= 0.3 is 0 Å². The van der Waals surface area contributed by atoms with Crippen molar-refractivity contribution in [1.82, 2.24) is 0 Å². The van der Waals surface area contributed by atoms with Crippen LogP contribution in [0.15, 0.2) is 0 Å². The van der Waals surface area contributed by atoms with Crippen molar-refractivity contribution in [1.29, 1.82) is 0 Å². The Balaban J connectivity index is 1.86. The van der Waals surface area contributed by atoms with E-state index < -0.39 is 5.60 Å². The lowest BCUT2D eigenvalue weighted by molar-refractivity contribution is -0.217. The highest BCUT2D eigenvalue weighted by atomic mass is 16.3. The van der Waals surface area contributed by atoms with Crippen molar-refractivity contribution in [2.75, 3.05) is 6.61 Å². The van der Waals surface area contributed by atoms with Gasteiger partial charge in [-0.3, -0.25) is 0 Å². The lowest BCUT2D eigenvalue weighted by atomic mass is 9.46. The molecular weight excluding hydrogens is 200 g/mol. The number of aliphatic hydroxyl groups excluding tert-OH is 1. The Morgan fingerprint density at radius 1 is 1.19 bits per heavy atom. The Hall–Kier alpha value is -0.0800. The molecule has 3 atom stereocenters. The maximum absolute atomic E-state index is 11.0. The van der Waals surface area contributed by atoms with Crippen molar-refractivity contribution in [2.24, 2.45) is 22.7 Å². The SMILES string of the molecule is CC1(C)CC(CO)(C2(O)CC3CCC2C3)C1. The summed E-state index contributed by atoms with van der Waals surface area (Å²) >= 11 is 0. The molecule has 3 rings (SSSR count). The fourth-order valence-corrected chi connectivity index (χ4v) is 5.29. The van der Waals surface area contributed by atoms with Crippen LogP contribution >= 0.6 is 0 Å². The van der Waals surface area contributed by atoms with E-state index in [4.69, 9.17) is 0 Å². The summed E-state index contributed by atoms with van der Waals surface area (Å²) in [7, 11) is 0. The topological polar surface area (TPSA) is 40.5 Å². The number of hydrogen-bond donors (Lipinski definition) is 2. The van der Waals surface area contributed by atoms with Gasteiger partial charge in [0.1, 0.15) is 0 Å². The number of aliphatic hydroxyl groups is 2. The third kappa shape index (κ3) is 1.20. The molecular formula is C14H24O2. The molecule has 0 spiro atoms. The zero-order valence-electron chi connectivity index (χ0n) is 10.5. The summed E-state index contributed by atoms with van der Waals surface area (Å²) in [6.07, 6.45) is 6.64. The standard InChI is InChI=1S/C14H24O2/c1-12(2)7-13(8-12,9-15)14(16)6-10-3-4-11(14)5-10/h10-11,15-16H,3-9H2,1-2H3. The molecule has 0 radical (unpaired) electrons. The molecule has 2 N–H and O–H groups in total. The van der Waals surface area contributed by atoms with Gasteiger partial charge in [-0.15, -0.1) is 0 Å². The molecule has 0 aliphatic heterocycles. The highest BCUT2D eigenvalue weighted by molar-refractivity contribution is 5.16. The molecule has 3 aliphatic carbocycles. The summed E-state index contributed by atoms with van der Waals surface area (Å²) in [5, 5.41) is 20.8. The summed E-state index contributed by atoms with van der Waals surface area (Å²) in [6, 6.07) is 0. The minimum atomic E-state index is -0.541. The van der Waals surface area contributed by atoms with Crippen molar-refractivity contribution in [3.8, 4) is 0 Å². The van der Waals surface area contributed by atoms with E-state index in [1.165, 1.54) is 19.3 Å². The van der Waals surface area contributed by atoms with E-state index in [1.807, 2.05) is 0 Å². The first kappa shape index (κ1) is 11.0. The number of rotatable bonds is 2. The van der Waals surface area contributed by atoms with E-state index in [2.05, 4.69) is 13.8 Å². The minimum absolute atomic E-state index is 0.170. The van der Waals surface area contributed by atoms with E-state index in [-0.39, 0.29) is 12.0 Å². The minimum Gasteiger partial charge on any atom is -0.396 e. The largest absolute Gasteiger partial charge is 0.396 e. The molecule has 3 fully saturated rings. The molecule has 0 aromatic rings. The van der Waals surface area contributed by atoms with Crippen LogP contribution in [0.5, 0.6) is 0 Å². The molecule has 0 saturated heterocycles. The maximum Gasteiger partial charge on any atom is 0.0756 e. The molecule has 3 unspecified atom stereocenters. The quantitative estimate of drug-likeness (QED) is 0.756. The summed E-state index contributed by atoms with van der Waals surface area (Å²) in [5.41, 5.74) is -0.392. The molecule has 2 bridgehead atoms. The zero-order valence-corrected chi connectivity index (χ0v) is 10.5. The number of hydrogen-bond acceptors (Lipinski definition) is 2. The maximum atomic E-state index is 11.0. The van der Waals surface area contributed by atoms with Crippen LogP contribution < -0.4 is 0 Å². The van der Waals surface area contributed by atoms with Crippen LogP contribution in [-0.4, -0.2) is 22.4 Å². The predicted octanol–water partition coefficient (Wildman–Crippen LogP) is 2.34. The van der Waals surface area contributed by atoms with Crippen molar-refractivity contribution < 1.29 is 10.2 Å². The molecule has 92 valence electrons. The normalized spacial score (nSPS) is 48.0. The van der Waals surface area contributed by atoms with Gasteiger partial charge in [0.25, 0.3) is 0 Å². The molecule has 2 heteroatoms. The average molecular weight is 224 g/mol. The second kappa shape index (κ2) is 3.02. The molecule has 2 nitrogen and oxygen atoms in total. The Kier molecular flexibility index (Phi) is 2.09. The Morgan fingerprint density at radius 2 is 1.88 bits per heavy atom. The highest BCUT2D eigenvalue weighted by Gasteiger charge is 2.66. The third-order valence-electron chi connectivity index (χ3n) is 5.67. The lowest BCUT2D eigenvalue weighted by Crippen LogP contribution is -2.62.